The van der Waals surface area contributed by atoms with Crippen molar-refractivity contribution in [3.63, 3.8) is 0 Å². The van der Waals surface area contributed by atoms with Crippen LogP contribution < -0.4 is 10.0 Å². The fraction of sp³-hybridized carbons (Fsp3) is 0.250. The Kier molecular flexibility index (Phi) is 6.51. The van der Waals surface area contributed by atoms with E-state index in [1.807, 2.05) is 0 Å². The fourth-order valence-corrected chi connectivity index (χ4v) is 4.02. The molecule has 0 aromatic heterocycles. The Morgan fingerprint density at radius 1 is 1.07 bits per heavy atom. The highest BCUT2D eigenvalue weighted by molar-refractivity contribution is 7.89. The van der Waals surface area contributed by atoms with Crippen LogP contribution in [0.25, 0.3) is 6.08 Å². The molecule has 0 radical (unpaired) electrons. The zero-order valence-corrected chi connectivity index (χ0v) is 16.3. The minimum Gasteiger partial charge on any atom is -0.348 e. The lowest BCUT2D eigenvalue weighted by Gasteiger charge is -2.21. The zero-order chi connectivity index (χ0) is 20.1. The van der Waals surface area contributed by atoms with Gasteiger partial charge in [-0.2, -0.15) is 0 Å². The Bertz CT molecular complexity index is 930. The maximum Gasteiger partial charge on any atom is 0.244 e. The molecule has 0 heterocycles. The van der Waals surface area contributed by atoms with Crippen LogP contribution >= 0.6 is 0 Å². The van der Waals surface area contributed by atoms with Crippen LogP contribution in [-0.2, 0) is 21.4 Å². The molecular formula is C20H23FN2O3S. The summed E-state index contributed by atoms with van der Waals surface area (Å²) in [7, 11) is -3.71. The number of hydrogen-bond acceptors (Lipinski definition) is 3. The predicted molar refractivity (Wildman–Crippen MR) is 104 cm³/mol. The topological polar surface area (TPSA) is 75.3 Å². The van der Waals surface area contributed by atoms with Gasteiger partial charge in [-0.1, -0.05) is 30.3 Å². The Hall–Kier alpha value is -2.51. The summed E-state index contributed by atoms with van der Waals surface area (Å²) in [6.45, 7) is 5.34. The van der Waals surface area contributed by atoms with Crippen LogP contribution in [0.5, 0.6) is 0 Å². The Morgan fingerprint density at radius 3 is 2.33 bits per heavy atom. The lowest BCUT2D eigenvalue weighted by atomic mass is 10.1. The van der Waals surface area contributed by atoms with Gasteiger partial charge in [-0.25, -0.2) is 17.5 Å². The van der Waals surface area contributed by atoms with E-state index in [1.54, 1.807) is 57.2 Å². The second-order valence-corrected chi connectivity index (χ2v) is 8.72. The number of nitrogens with one attached hydrogen (secondary N) is 2. The van der Waals surface area contributed by atoms with Crippen LogP contribution in [-0.4, -0.2) is 19.9 Å². The molecule has 1 amide bonds. The first-order valence-corrected chi connectivity index (χ1v) is 9.88. The summed E-state index contributed by atoms with van der Waals surface area (Å²) in [4.78, 5) is 12.1. The molecule has 0 saturated heterocycles. The molecule has 0 saturated carbocycles. The lowest BCUT2D eigenvalue weighted by molar-refractivity contribution is -0.116. The third-order valence-corrected chi connectivity index (χ3v) is 5.31. The summed E-state index contributed by atoms with van der Waals surface area (Å²) < 4.78 is 40.6. The fourth-order valence-electron chi connectivity index (χ4n) is 2.36. The lowest BCUT2D eigenvalue weighted by Crippen LogP contribution is -2.41. The summed E-state index contributed by atoms with van der Waals surface area (Å²) in [5, 5.41) is 2.66. The van der Waals surface area contributed by atoms with Crippen molar-refractivity contribution in [1.29, 1.82) is 0 Å². The quantitative estimate of drug-likeness (QED) is 0.744. The van der Waals surface area contributed by atoms with Gasteiger partial charge in [-0.05, 0) is 56.2 Å². The highest BCUT2D eigenvalue weighted by Gasteiger charge is 2.24. The number of hydrogen-bond donors (Lipinski definition) is 2. The summed E-state index contributed by atoms with van der Waals surface area (Å²) in [6.07, 6.45) is 2.87. The van der Waals surface area contributed by atoms with Crippen LogP contribution in [0, 0.1) is 5.82 Å². The van der Waals surface area contributed by atoms with Gasteiger partial charge in [0.1, 0.15) is 5.82 Å². The van der Waals surface area contributed by atoms with Crippen LogP contribution in [0.15, 0.2) is 59.5 Å². The van der Waals surface area contributed by atoms with Crippen LogP contribution in [0.4, 0.5) is 4.39 Å². The van der Waals surface area contributed by atoms with Gasteiger partial charge in [0.05, 0.1) is 4.90 Å². The van der Waals surface area contributed by atoms with Crippen molar-refractivity contribution < 1.29 is 17.6 Å². The van der Waals surface area contributed by atoms with Crippen molar-refractivity contribution in [1.82, 2.24) is 10.0 Å². The molecular weight excluding hydrogens is 367 g/mol. The first-order chi connectivity index (χ1) is 12.6. The van der Waals surface area contributed by atoms with Crippen molar-refractivity contribution in [2.24, 2.45) is 0 Å². The number of carbonyl (C=O) groups is 1. The normalized spacial score (nSPS) is 12.3. The molecule has 0 aliphatic carbocycles. The summed E-state index contributed by atoms with van der Waals surface area (Å²) >= 11 is 0. The van der Waals surface area contributed by atoms with Crippen molar-refractivity contribution >= 4 is 22.0 Å². The predicted octanol–water partition coefficient (Wildman–Crippen LogP) is 3.23. The number of benzene rings is 2. The molecule has 2 aromatic rings. The van der Waals surface area contributed by atoms with Gasteiger partial charge in [-0.3, -0.25) is 4.79 Å². The van der Waals surface area contributed by atoms with Gasteiger partial charge in [0.15, 0.2) is 0 Å². The molecule has 0 fully saturated rings. The summed E-state index contributed by atoms with van der Waals surface area (Å²) in [6, 6.07) is 12.2. The highest BCUT2D eigenvalue weighted by atomic mass is 32.2. The van der Waals surface area contributed by atoms with E-state index in [0.717, 1.165) is 0 Å². The number of amides is 1. The third kappa shape index (κ3) is 6.62. The number of halogens is 1. The molecule has 27 heavy (non-hydrogen) atoms. The molecule has 7 heteroatoms. The second kappa shape index (κ2) is 8.45. The molecule has 144 valence electrons. The van der Waals surface area contributed by atoms with Gasteiger partial charge >= 0.3 is 0 Å². The molecule has 0 atom stereocenters. The van der Waals surface area contributed by atoms with Gasteiger partial charge in [0.2, 0.25) is 15.9 Å². The zero-order valence-electron chi connectivity index (χ0n) is 15.5. The molecule has 0 spiro atoms. The van der Waals surface area contributed by atoms with E-state index in [1.165, 1.54) is 24.3 Å². The molecule has 0 bridgehead atoms. The second-order valence-electron chi connectivity index (χ2n) is 7.07. The summed E-state index contributed by atoms with van der Waals surface area (Å²) in [5.41, 5.74) is 0.550. The maximum atomic E-state index is 12.9. The van der Waals surface area contributed by atoms with Gasteiger partial charge < -0.3 is 5.32 Å². The van der Waals surface area contributed by atoms with E-state index in [2.05, 4.69) is 10.0 Å². The first kappa shape index (κ1) is 20.8. The Morgan fingerprint density at radius 2 is 1.70 bits per heavy atom. The molecule has 2 rings (SSSR count). The van der Waals surface area contributed by atoms with E-state index < -0.39 is 15.6 Å². The minimum absolute atomic E-state index is 0.0633. The van der Waals surface area contributed by atoms with Crippen molar-refractivity contribution in [3.8, 4) is 0 Å². The van der Waals surface area contributed by atoms with Crippen LogP contribution in [0.1, 0.15) is 31.9 Å². The number of carbonyl (C=O) groups excluding carboxylic acids is 1. The van der Waals surface area contributed by atoms with Crippen molar-refractivity contribution in [2.75, 3.05) is 0 Å². The largest absolute Gasteiger partial charge is 0.348 e. The van der Waals surface area contributed by atoms with Crippen molar-refractivity contribution in [3.05, 3.63) is 71.6 Å². The highest BCUT2D eigenvalue weighted by Crippen LogP contribution is 2.17. The van der Waals surface area contributed by atoms with Gasteiger partial charge in [-0.15, -0.1) is 0 Å². The van der Waals surface area contributed by atoms with E-state index in [0.29, 0.717) is 11.1 Å². The average molecular weight is 390 g/mol. The third-order valence-electron chi connectivity index (χ3n) is 3.45. The number of rotatable bonds is 6. The van der Waals surface area contributed by atoms with E-state index in [4.69, 9.17) is 0 Å². The smallest absolute Gasteiger partial charge is 0.244 e. The molecule has 5 nitrogen and oxygen atoms in total. The molecule has 0 unspecified atom stereocenters. The molecule has 0 aliphatic heterocycles. The Labute approximate surface area is 159 Å². The monoisotopic (exact) mass is 390 g/mol. The van der Waals surface area contributed by atoms with Gasteiger partial charge in [0, 0.05) is 18.2 Å². The van der Waals surface area contributed by atoms with Crippen LogP contribution in [0.3, 0.4) is 0 Å². The number of sulfonamides is 1. The minimum atomic E-state index is -3.71. The first-order valence-electron chi connectivity index (χ1n) is 8.40. The SMILES string of the molecule is CC(C)(C)NS(=O)(=O)c1ccccc1CNC(=O)/C=C/c1ccc(F)cc1. The average Bonchev–Trinajstić information content (AvgIpc) is 2.57. The summed E-state index contributed by atoms with van der Waals surface area (Å²) in [5.74, 6) is -0.728. The maximum absolute atomic E-state index is 12.9. The molecule has 2 aromatic carbocycles. The standard InChI is InChI=1S/C20H23FN2O3S/c1-20(2,3)23-27(25,26)18-7-5-4-6-16(18)14-22-19(24)13-10-15-8-11-17(21)12-9-15/h4-13,23H,14H2,1-3H3,(H,22,24)/b13-10+. The van der Waals surface area contributed by atoms with Gasteiger partial charge in [0.25, 0.3) is 0 Å². The van der Waals surface area contributed by atoms with E-state index in [-0.39, 0.29) is 23.2 Å². The van der Waals surface area contributed by atoms with Crippen LogP contribution in [0.2, 0.25) is 0 Å². The molecule has 0 aliphatic rings. The van der Waals surface area contributed by atoms with Crippen molar-refractivity contribution in [2.45, 2.75) is 37.8 Å². The van der Waals surface area contributed by atoms with E-state index in [9.17, 15) is 17.6 Å². The molecule has 2 N–H and O–H groups in total. The van der Waals surface area contributed by atoms with E-state index >= 15 is 0 Å². The Balaban J connectivity index is 2.08.